The van der Waals surface area contributed by atoms with Crippen LogP contribution in [-0.4, -0.2) is 21.9 Å². The van der Waals surface area contributed by atoms with Crippen LogP contribution in [0.3, 0.4) is 0 Å². The zero-order chi connectivity index (χ0) is 20.9. The van der Waals surface area contributed by atoms with E-state index in [1.807, 2.05) is 0 Å². The fourth-order valence-corrected chi connectivity index (χ4v) is 3.49. The van der Waals surface area contributed by atoms with Gasteiger partial charge in [-0.25, -0.2) is 9.20 Å². The van der Waals surface area contributed by atoms with Crippen LogP contribution >= 0.6 is 23.4 Å². The molecule has 0 aliphatic rings. The van der Waals surface area contributed by atoms with Gasteiger partial charge in [0.25, 0.3) is 0 Å². The lowest BCUT2D eigenvalue weighted by Crippen LogP contribution is -2.12. The van der Waals surface area contributed by atoms with Crippen LogP contribution in [0.1, 0.15) is 5.56 Å². The topological polar surface area (TPSA) is 77.3 Å². The molecule has 2 aromatic carbocycles. The number of halogens is 4. The molecular weight excluding hydrogens is 433 g/mol. The highest BCUT2D eigenvalue weighted by molar-refractivity contribution is 8.13. The van der Waals surface area contributed by atoms with Crippen molar-refractivity contribution in [2.45, 2.75) is 6.18 Å². The number of hydrogen-bond donors (Lipinski definition) is 2. The van der Waals surface area contributed by atoms with Gasteiger partial charge in [0.05, 0.1) is 16.3 Å². The number of nitriles is 1. The summed E-state index contributed by atoms with van der Waals surface area (Å²) in [6.45, 7) is 0. The number of rotatable bonds is 4. The predicted octanol–water partition coefficient (Wildman–Crippen LogP) is 5.15. The maximum atomic E-state index is 13.7. The average molecular weight is 447 g/mol. The number of thioether (sulfide) groups is 1. The zero-order valence-electron chi connectivity index (χ0n) is 14.6. The van der Waals surface area contributed by atoms with E-state index in [0.29, 0.717) is 5.69 Å². The summed E-state index contributed by atoms with van der Waals surface area (Å²) in [6, 6.07) is 8.20. The lowest BCUT2D eigenvalue weighted by molar-refractivity contribution is -0.137. The second kappa shape index (κ2) is 9.32. The van der Waals surface area contributed by atoms with Gasteiger partial charge in [-0.15, -0.1) is 0 Å². The van der Waals surface area contributed by atoms with Crippen LogP contribution in [0.15, 0.2) is 41.4 Å². The number of anilines is 1. The molecule has 5 nitrogen and oxygen atoms in total. The molecule has 0 bridgehead atoms. The van der Waals surface area contributed by atoms with Gasteiger partial charge < -0.3 is 4.72 Å². The second-order valence-corrected chi connectivity index (χ2v) is 7.66. The number of nitrogens with zero attached hydrogens (tertiary/aromatic N) is 2. The monoisotopic (exact) mass is 446 g/mol. The largest absolute Gasteiger partial charge is 0.417 e. The van der Waals surface area contributed by atoms with Gasteiger partial charge in [0.1, 0.15) is 11.0 Å². The fourth-order valence-electron chi connectivity index (χ4n) is 2.37. The molecule has 0 aromatic heterocycles. The summed E-state index contributed by atoms with van der Waals surface area (Å²) >= 11 is 7.27. The Hall–Kier alpha value is -2.22. The second-order valence-electron chi connectivity index (χ2n) is 5.34. The number of alkyl halides is 3. The molecule has 0 spiro atoms. The van der Waals surface area contributed by atoms with E-state index >= 15 is 0 Å². The third-order valence-electron chi connectivity index (χ3n) is 3.38. The summed E-state index contributed by atoms with van der Waals surface area (Å²) < 4.78 is 55.2. The molecule has 2 N–H and O–H groups in total. The van der Waals surface area contributed by atoms with E-state index in [4.69, 9.17) is 16.9 Å². The smallest absolute Gasteiger partial charge is 0.305 e. The summed E-state index contributed by atoms with van der Waals surface area (Å²) in [7, 11) is -1.38. The molecule has 0 aliphatic carbocycles. The molecule has 2 rings (SSSR count). The molecule has 148 valence electrons. The zero-order valence-corrected chi connectivity index (χ0v) is 17.0. The van der Waals surface area contributed by atoms with Crippen molar-refractivity contribution in [3.05, 3.63) is 47.0 Å². The number of nitrogens with one attached hydrogen (secondary N) is 2. The maximum Gasteiger partial charge on any atom is 0.417 e. The van der Waals surface area contributed by atoms with Gasteiger partial charge in [-0.2, -0.15) is 18.4 Å². The van der Waals surface area contributed by atoms with Crippen molar-refractivity contribution in [2.24, 2.45) is 4.99 Å². The van der Waals surface area contributed by atoms with Gasteiger partial charge in [0.2, 0.25) is 0 Å². The molecule has 1 atom stereocenters. The Balaban J connectivity index is 2.66. The Morgan fingerprint density at radius 1 is 1.32 bits per heavy atom. The Bertz CT molecular complexity index is 974. The van der Waals surface area contributed by atoms with Crippen LogP contribution in [-0.2, 0) is 17.2 Å². The molecule has 0 amide bonds. The first kappa shape index (κ1) is 22.1. The minimum absolute atomic E-state index is 0.0443. The van der Waals surface area contributed by atoms with Gasteiger partial charge in [-0.05, 0) is 36.1 Å². The van der Waals surface area contributed by atoms with Crippen LogP contribution in [0.25, 0.3) is 11.1 Å². The van der Waals surface area contributed by atoms with Crippen molar-refractivity contribution in [2.75, 3.05) is 17.2 Å². The highest BCUT2D eigenvalue weighted by atomic mass is 35.5. The molecule has 0 heterocycles. The van der Waals surface area contributed by atoms with Crippen molar-refractivity contribution >= 4 is 50.9 Å². The summed E-state index contributed by atoms with van der Waals surface area (Å²) in [5.74, 6) is 0. The predicted molar refractivity (Wildman–Crippen MR) is 109 cm³/mol. The standard InChI is InChI=1S/C17H14ClF3N4OS2/c1-27-16(23-9-22)24-12-7-13(17(19,20)21)15(14(18)8-12)10-4-3-5-11(6-10)25-28(2)26/h3-8,25H,1-2H3,(H,23,24). The van der Waals surface area contributed by atoms with Gasteiger partial charge in [-0.1, -0.05) is 35.5 Å². The van der Waals surface area contributed by atoms with Gasteiger partial charge in [0, 0.05) is 17.5 Å². The van der Waals surface area contributed by atoms with Crippen LogP contribution in [0.4, 0.5) is 24.5 Å². The van der Waals surface area contributed by atoms with E-state index < -0.39 is 22.7 Å². The molecule has 0 aliphatic heterocycles. The number of hydrogen-bond acceptors (Lipinski definition) is 4. The Morgan fingerprint density at radius 3 is 2.61 bits per heavy atom. The minimum Gasteiger partial charge on any atom is -0.305 e. The first-order valence-corrected chi connectivity index (χ1v) is 10.7. The Kier molecular flexibility index (Phi) is 7.35. The van der Waals surface area contributed by atoms with E-state index in [2.05, 4.69) is 15.0 Å². The van der Waals surface area contributed by atoms with Crippen LogP contribution in [0.2, 0.25) is 5.02 Å². The summed E-state index contributed by atoms with van der Waals surface area (Å²) in [5.41, 5.74) is -0.614. The highest BCUT2D eigenvalue weighted by Gasteiger charge is 2.35. The lowest BCUT2D eigenvalue weighted by Gasteiger charge is -2.16. The van der Waals surface area contributed by atoms with Gasteiger partial charge in [0.15, 0.2) is 11.4 Å². The Labute approximate surface area is 171 Å². The third kappa shape index (κ3) is 5.64. The molecular formula is C17H14ClF3N4OS2. The van der Waals surface area contributed by atoms with E-state index in [1.165, 1.54) is 30.5 Å². The molecule has 0 saturated carbocycles. The lowest BCUT2D eigenvalue weighted by atomic mass is 9.98. The normalized spacial score (nSPS) is 13.0. The maximum absolute atomic E-state index is 13.7. The van der Waals surface area contributed by atoms with Crippen molar-refractivity contribution in [1.82, 2.24) is 5.32 Å². The molecule has 28 heavy (non-hydrogen) atoms. The van der Waals surface area contributed by atoms with E-state index in [1.54, 1.807) is 18.5 Å². The first-order valence-electron chi connectivity index (χ1n) is 7.54. The number of amidine groups is 1. The van der Waals surface area contributed by atoms with Crippen molar-refractivity contribution in [3.8, 4) is 17.3 Å². The summed E-state index contributed by atoms with van der Waals surface area (Å²) in [6.07, 6.45) is 0.0119. The molecule has 1 unspecified atom stereocenters. The van der Waals surface area contributed by atoms with Crippen LogP contribution in [0.5, 0.6) is 0 Å². The molecule has 0 radical (unpaired) electrons. The first-order chi connectivity index (χ1) is 13.2. The van der Waals surface area contributed by atoms with Crippen LogP contribution in [0, 0.1) is 11.5 Å². The summed E-state index contributed by atoms with van der Waals surface area (Å²) in [5, 5.41) is 10.9. The molecule has 11 heteroatoms. The van der Waals surface area contributed by atoms with E-state index in [-0.39, 0.29) is 27.0 Å². The number of benzene rings is 2. The number of aliphatic imine (C=N–C) groups is 1. The third-order valence-corrected chi connectivity index (χ3v) is 4.78. The SMILES string of the molecule is CSC(=Nc1cc(Cl)c(-c2cccc(NS(C)=O)c2)c(C(F)(F)F)c1)NC#N. The van der Waals surface area contributed by atoms with E-state index in [9.17, 15) is 17.4 Å². The van der Waals surface area contributed by atoms with Crippen molar-refractivity contribution < 1.29 is 17.4 Å². The highest BCUT2D eigenvalue weighted by Crippen LogP contribution is 2.44. The molecule has 0 fully saturated rings. The quantitative estimate of drug-likeness (QED) is 0.294. The molecule has 2 aromatic rings. The van der Waals surface area contributed by atoms with Crippen molar-refractivity contribution in [3.63, 3.8) is 0 Å². The van der Waals surface area contributed by atoms with Gasteiger partial charge in [-0.3, -0.25) is 5.32 Å². The fraction of sp³-hybridized carbons (Fsp3) is 0.176. The molecule has 0 saturated heterocycles. The summed E-state index contributed by atoms with van der Waals surface area (Å²) in [4.78, 5) is 4.00. The van der Waals surface area contributed by atoms with E-state index in [0.717, 1.165) is 17.8 Å². The van der Waals surface area contributed by atoms with Gasteiger partial charge >= 0.3 is 6.18 Å². The van der Waals surface area contributed by atoms with Crippen LogP contribution < -0.4 is 10.0 Å². The van der Waals surface area contributed by atoms with Crippen molar-refractivity contribution in [1.29, 1.82) is 5.26 Å². The average Bonchev–Trinajstić information content (AvgIpc) is 2.59. The Morgan fingerprint density at radius 2 is 2.04 bits per heavy atom. The minimum atomic E-state index is -4.69.